The summed E-state index contributed by atoms with van der Waals surface area (Å²) in [5.41, 5.74) is 2.83. The molecule has 0 aliphatic heterocycles. The van der Waals surface area contributed by atoms with Crippen molar-refractivity contribution < 1.29 is 4.42 Å². The van der Waals surface area contributed by atoms with Crippen LogP contribution in [-0.2, 0) is 12.8 Å². The van der Waals surface area contributed by atoms with Crippen molar-refractivity contribution in [3.63, 3.8) is 0 Å². The molecule has 0 saturated carbocycles. The molecule has 21 heavy (non-hydrogen) atoms. The number of furan rings is 1. The Kier molecular flexibility index (Phi) is 4.48. The van der Waals surface area contributed by atoms with Crippen LogP contribution in [0.4, 0.5) is 0 Å². The average Bonchev–Trinajstić information content (AvgIpc) is 2.66. The van der Waals surface area contributed by atoms with Gasteiger partial charge in [-0.15, -0.1) is 0 Å². The van der Waals surface area contributed by atoms with Crippen molar-refractivity contribution in [2.75, 3.05) is 6.54 Å². The molecule has 0 fully saturated rings. The second-order valence-corrected chi connectivity index (χ2v) is 8.25. The molecule has 0 aliphatic rings. The van der Waals surface area contributed by atoms with Crippen molar-refractivity contribution in [2.45, 2.75) is 59.9 Å². The van der Waals surface area contributed by atoms with Crippen LogP contribution in [0.2, 0.25) is 0 Å². The fraction of sp³-hybridized carbons (Fsp3) is 0.579. The van der Waals surface area contributed by atoms with Gasteiger partial charge in [0, 0.05) is 23.9 Å². The van der Waals surface area contributed by atoms with E-state index >= 15 is 0 Å². The van der Waals surface area contributed by atoms with Gasteiger partial charge in [-0.1, -0.05) is 32.9 Å². The van der Waals surface area contributed by atoms with Crippen molar-refractivity contribution in [3.05, 3.63) is 35.6 Å². The maximum Gasteiger partial charge on any atom is 0.134 e. The summed E-state index contributed by atoms with van der Waals surface area (Å²) in [7, 11) is 0. The third-order valence-electron chi connectivity index (χ3n) is 3.40. The number of benzene rings is 1. The molecule has 2 rings (SSSR count). The molecule has 1 heterocycles. The van der Waals surface area contributed by atoms with Crippen LogP contribution in [0.3, 0.4) is 0 Å². The van der Waals surface area contributed by atoms with E-state index in [0.29, 0.717) is 5.41 Å². The zero-order chi connectivity index (χ0) is 15.7. The topological polar surface area (TPSA) is 25.2 Å². The van der Waals surface area contributed by atoms with Gasteiger partial charge in [-0.2, -0.15) is 0 Å². The van der Waals surface area contributed by atoms with E-state index in [9.17, 15) is 0 Å². The summed E-state index contributed by atoms with van der Waals surface area (Å²) in [6, 6.07) is 8.77. The number of rotatable bonds is 4. The van der Waals surface area contributed by atoms with Gasteiger partial charge in [-0.05, 0) is 50.3 Å². The highest BCUT2D eigenvalue weighted by atomic mass is 16.3. The van der Waals surface area contributed by atoms with Crippen LogP contribution in [0, 0.1) is 5.41 Å². The van der Waals surface area contributed by atoms with Crippen LogP contribution in [0.1, 0.15) is 52.9 Å². The highest BCUT2D eigenvalue weighted by Gasteiger charge is 2.13. The molecule has 0 bridgehead atoms. The summed E-state index contributed by atoms with van der Waals surface area (Å²) < 4.78 is 6.00. The first-order valence-corrected chi connectivity index (χ1v) is 7.89. The van der Waals surface area contributed by atoms with Gasteiger partial charge in [-0.3, -0.25) is 0 Å². The first-order chi connectivity index (χ1) is 9.62. The van der Waals surface area contributed by atoms with Crippen molar-refractivity contribution in [2.24, 2.45) is 5.41 Å². The lowest BCUT2D eigenvalue weighted by molar-refractivity contribution is 0.411. The lowest BCUT2D eigenvalue weighted by Gasteiger charge is -2.19. The van der Waals surface area contributed by atoms with E-state index in [1.807, 2.05) is 0 Å². The summed E-state index contributed by atoms with van der Waals surface area (Å²) in [5, 5.41) is 4.70. The zero-order valence-corrected chi connectivity index (χ0v) is 14.3. The molecule has 1 N–H and O–H groups in total. The minimum absolute atomic E-state index is 0.159. The molecule has 2 aromatic rings. The van der Waals surface area contributed by atoms with Crippen LogP contribution in [0.15, 0.2) is 28.7 Å². The Labute approximate surface area is 128 Å². The Morgan fingerprint density at radius 3 is 2.33 bits per heavy atom. The molecule has 2 nitrogen and oxygen atoms in total. The molecule has 0 radical (unpaired) electrons. The van der Waals surface area contributed by atoms with Gasteiger partial charge in [-0.25, -0.2) is 0 Å². The number of hydrogen-bond acceptors (Lipinski definition) is 2. The number of nitrogens with one attached hydrogen (secondary N) is 1. The molecule has 1 aromatic heterocycles. The van der Waals surface area contributed by atoms with Crippen LogP contribution < -0.4 is 5.32 Å². The first kappa shape index (κ1) is 16.1. The Bertz CT molecular complexity index is 596. The highest BCUT2D eigenvalue weighted by Crippen LogP contribution is 2.25. The molecule has 0 amide bonds. The fourth-order valence-electron chi connectivity index (χ4n) is 2.54. The minimum Gasteiger partial charge on any atom is -0.461 e. The van der Waals surface area contributed by atoms with Crippen molar-refractivity contribution in [1.82, 2.24) is 5.32 Å². The molecular weight excluding hydrogens is 258 g/mol. The van der Waals surface area contributed by atoms with E-state index in [4.69, 9.17) is 4.42 Å². The van der Waals surface area contributed by atoms with Crippen LogP contribution >= 0.6 is 0 Å². The van der Waals surface area contributed by atoms with E-state index < -0.39 is 0 Å². The van der Waals surface area contributed by atoms with E-state index in [2.05, 4.69) is 71.1 Å². The van der Waals surface area contributed by atoms with Crippen molar-refractivity contribution in [3.8, 4) is 0 Å². The smallest absolute Gasteiger partial charge is 0.134 e. The number of fused-ring (bicyclic) bond motifs is 1. The van der Waals surface area contributed by atoms with Gasteiger partial charge in [0.2, 0.25) is 0 Å². The third-order valence-corrected chi connectivity index (χ3v) is 3.40. The van der Waals surface area contributed by atoms with Gasteiger partial charge in [0.25, 0.3) is 0 Å². The Morgan fingerprint density at radius 1 is 1.00 bits per heavy atom. The maximum absolute atomic E-state index is 6.00. The zero-order valence-electron chi connectivity index (χ0n) is 14.3. The summed E-state index contributed by atoms with van der Waals surface area (Å²) in [5.74, 6) is 1.06. The van der Waals surface area contributed by atoms with Crippen LogP contribution in [0.25, 0.3) is 11.0 Å². The van der Waals surface area contributed by atoms with E-state index in [1.54, 1.807) is 0 Å². The fourth-order valence-corrected chi connectivity index (χ4v) is 2.54. The Morgan fingerprint density at radius 2 is 1.71 bits per heavy atom. The Hall–Kier alpha value is -1.28. The van der Waals surface area contributed by atoms with Crippen molar-refractivity contribution >= 4 is 11.0 Å². The minimum atomic E-state index is 0.159. The summed E-state index contributed by atoms with van der Waals surface area (Å²) in [6.45, 7) is 14.3. The first-order valence-electron chi connectivity index (χ1n) is 7.89. The monoisotopic (exact) mass is 287 g/mol. The van der Waals surface area contributed by atoms with E-state index in [0.717, 1.165) is 30.7 Å². The third kappa shape index (κ3) is 5.20. The highest BCUT2D eigenvalue weighted by molar-refractivity contribution is 5.78. The summed E-state index contributed by atoms with van der Waals surface area (Å²) in [6.07, 6.45) is 2.01. The molecule has 0 spiro atoms. The van der Waals surface area contributed by atoms with Gasteiger partial charge in [0.1, 0.15) is 11.3 Å². The van der Waals surface area contributed by atoms with Gasteiger partial charge in [0.05, 0.1) is 0 Å². The molecule has 0 unspecified atom stereocenters. The summed E-state index contributed by atoms with van der Waals surface area (Å²) >= 11 is 0. The normalized spacial score (nSPS) is 13.0. The molecule has 0 saturated heterocycles. The predicted molar refractivity (Wildman–Crippen MR) is 90.8 cm³/mol. The Balaban J connectivity index is 2.07. The van der Waals surface area contributed by atoms with Crippen LogP contribution in [0.5, 0.6) is 0 Å². The number of hydrogen-bond donors (Lipinski definition) is 1. The summed E-state index contributed by atoms with van der Waals surface area (Å²) in [4.78, 5) is 0. The van der Waals surface area contributed by atoms with E-state index in [-0.39, 0.29) is 5.54 Å². The van der Waals surface area contributed by atoms with Crippen molar-refractivity contribution in [1.29, 1.82) is 0 Å². The molecule has 0 aliphatic carbocycles. The maximum atomic E-state index is 6.00. The molecule has 2 heteroatoms. The molecule has 1 aromatic carbocycles. The van der Waals surface area contributed by atoms with Gasteiger partial charge in [0.15, 0.2) is 0 Å². The quantitative estimate of drug-likeness (QED) is 0.860. The van der Waals surface area contributed by atoms with E-state index in [1.165, 1.54) is 10.9 Å². The molecular formula is C19H29NO. The van der Waals surface area contributed by atoms with Gasteiger partial charge < -0.3 is 9.73 Å². The molecule has 0 atom stereocenters. The second-order valence-electron chi connectivity index (χ2n) is 8.25. The second kappa shape index (κ2) is 5.84. The standard InChI is InChI=1S/C19H29NO/c1-18(2,3)13-14-7-8-15-12-16(21-17(15)11-14)9-10-20-19(4,5)6/h7-8,11-12,20H,9-10,13H2,1-6H3. The van der Waals surface area contributed by atoms with Gasteiger partial charge >= 0.3 is 0 Å². The lowest BCUT2D eigenvalue weighted by Crippen LogP contribution is -2.37. The SMILES string of the molecule is CC(C)(C)Cc1ccc2cc(CCNC(C)(C)C)oc2c1. The predicted octanol–water partition coefficient (Wildman–Crippen LogP) is 4.95. The molecule has 116 valence electrons. The average molecular weight is 287 g/mol. The lowest BCUT2D eigenvalue weighted by atomic mass is 9.88. The van der Waals surface area contributed by atoms with Crippen LogP contribution in [-0.4, -0.2) is 12.1 Å². The largest absolute Gasteiger partial charge is 0.461 e.